The first-order valence-corrected chi connectivity index (χ1v) is 6.65. The monoisotopic (exact) mass is 278 g/mol. The maximum atomic E-state index is 10.8. The molecule has 2 aromatic rings. The molecule has 0 aliphatic carbocycles. The lowest BCUT2D eigenvalue weighted by molar-refractivity contribution is 0.0696. The van der Waals surface area contributed by atoms with Crippen LogP contribution in [0.5, 0.6) is 0 Å². The summed E-state index contributed by atoms with van der Waals surface area (Å²) in [4.78, 5) is 18.4. The smallest absolute Gasteiger partial charge is 0.339 e. The number of rotatable bonds is 2. The van der Waals surface area contributed by atoms with Gasteiger partial charge in [-0.3, -0.25) is 0 Å². The fraction of sp³-hybridized carbons (Fsp3) is 0.429. The molecule has 110 valence electrons. The van der Waals surface area contributed by atoms with Gasteiger partial charge in [0.15, 0.2) is 0 Å². The highest BCUT2D eigenvalue weighted by Crippen LogP contribution is 2.09. The molecule has 0 saturated heterocycles. The summed E-state index contributed by atoms with van der Waals surface area (Å²) in [5.74, 6) is -0.990. The second kappa shape index (κ2) is 9.66. The van der Waals surface area contributed by atoms with Crippen LogP contribution in [0.3, 0.4) is 0 Å². The molecule has 0 amide bonds. The lowest BCUT2D eigenvalue weighted by atomic mass is 10.3. The van der Waals surface area contributed by atoms with Gasteiger partial charge in [-0.25, -0.2) is 19.4 Å². The van der Waals surface area contributed by atoms with Crippen molar-refractivity contribution in [1.29, 1.82) is 0 Å². The first-order chi connectivity index (χ1) is 9.60. The van der Waals surface area contributed by atoms with Crippen molar-refractivity contribution in [2.75, 3.05) is 0 Å². The minimum absolute atomic E-state index is 0.179. The van der Waals surface area contributed by atoms with E-state index in [0.717, 1.165) is 0 Å². The van der Waals surface area contributed by atoms with Crippen LogP contribution in [0.4, 0.5) is 0 Å². The van der Waals surface area contributed by atoms with Gasteiger partial charge in [0.2, 0.25) is 0 Å². The zero-order valence-electron chi connectivity index (χ0n) is 12.7. The van der Waals surface area contributed by atoms with Crippen molar-refractivity contribution in [2.45, 2.75) is 41.0 Å². The first kappa shape index (κ1) is 17.8. The number of carboxylic acids is 1. The second-order valence-electron chi connectivity index (χ2n) is 3.68. The molecule has 0 spiro atoms. The topological polar surface area (TPSA) is 80.9 Å². The predicted molar refractivity (Wildman–Crippen MR) is 78.2 cm³/mol. The number of carboxylic acid groups (broad SMARTS) is 1. The van der Waals surface area contributed by atoms with E-state index in [1.165, 1.54) is 23.6 Å². The number of hydrogen-bond acceptors (Lipinski definition) is 4. The van der Waals surface area contributed by atoms with E-state index < -0.39 is 5.97 Å². The third-order valence-corrected chi connectivity index (χ3v) is 1.94. The molecular formula is C14H22N4O2. The molecule has 0 radical (unpaired) electrons. The molecule has 0 aliphatic rings. The summed E-state index contributed by atoms with van der Waals surface area (Å²) in [6, 6.07) is 0. The van der Waals surface area contributed by atoms with Crippen molar-refractivity contribution in [3.8, 4) is 5.69 Å². The molecular weight excluding hydrogens is 256 g/mol. The van der Waals surface area contributed by atoms with E-state index in [1.54, 1.807) is 19.3 Å². The minimum Gasteiger partial charge on any atom is -0.478 e. The minimum atomic E-state index is -0.990. The number of aryl methyl sites for hydroxylation is 1. The second-order valence-corrected chi connectivity index (χ2v) is 3.68. The predicted octanol–water partition coefficient (Wildman–Crippen LogP) is 3.11. The number of carbonyl (C=O) groups is 1. The Bertz CT molecular complexity index is 509. The Kier molecular flexibility index (Phi) is 8.58. The molecule has 0 fully saturated rings. The summed E-state index contributed by atoms with van der Waals surface area (Å²) >= 11 is 0. The fourth-order valence-electron chi connectivity index (χ4n) is 1.21. The Morgan fingerprint density at radius 2 is 1.75 bits per heavy atom. The first-order valence-electron chi connectivity index (χ1n) is 6.65. The van der Waals surface area contributed by atoms with Gasteiger partial charge in [-0.1, -0.05) is 34.1 Å². The third kappa shape index (κ3) is 5.17. The standard InChI is InChI=1S/C9H8N4O2.C3H8.C2H6/c1-6-8(9(14)15)4-13(12-6)7-2-10-5-11-3-7;1-3-2;1-2/h2-5H,1H3,(H,14,15);3H2,1-2H3;1-2H3. The van der Waals surface area contributed by atoms with Gasteiger partial charge in [-0.15, -0.1) is 0 Å². The zero-order chi connectivity index (χ0) is 15.5. The average molecular weight is 278 g/mol. The van der Waals surface area contributed by atoms with E-state index >= 15 is 0 Å². The van der Waals surface area contributed by atoms with Crippen molar-refractivity contribution < 1.29 is 9.90 Å². The summed E-state index contributed by atoms with van der Waals surface area (Å²) in [6.07, 6.45) is 7.21. The van der Waals surface area contributed by atoms with E-state index in [0.29, 0.717) is 11.4 Å². The van der Waals surface area contributed by atoms with E-state index in [9.17, 15) is 4.79 Å². The van der Waals surface area contributed by atoms with Gasteiger partial charge < -0.3 is 5.11 Å². The van der Waals surface area contributed by atoms with Gasteiger partial charge in [-0.2, -0.15) is 5.10 Å². The summed E-state index contributed by atoms with van der Waals surface area (Å²) in [7, 11) is 0. The quantitative estimate of drug-likeness (QED) is 0.912. The molecule has 2 aromatic heterocycles. The molecule has 6 heteroatoms. The van der Waals surface area contributed by atoms with Crippen molar-refractivity contribution in [3.63, 3.8) is 0 Å². The van der Waals surface area contributed by atoms with Crippen LogP contribution in [0.2, 0.25) is 0 Å². The molecule has 0 aromatic carbocycles. The summed E-state index contributed by atoms with van der Waals surface area (Å²) in [5.41, 5.74) is 1.28. The van der Waals surface area contributed by atoms with E-state index in [4.69, 9.17) is 5.11 Å². The van der Waals surface area contributed by atoms with Crippen molar-refractivity contribution in [3.05, 3.63) is 36.2 Å². The summed E-state index contributed by atoms with van der Waals surface area (Å²) in [5, 5.41) is 12.9. The van der Waals surface area contributed by atoms with E-state index in [-0.39, 0.29) is 5.56 Å². The number of aromatic carboxylic acids is 1. The summed E-state index contributed by atoms with van der Waals surface area (Å²) < 4.78 is 1.44. The molecule has 0 saturated carbocycles. The number of nitrogens with zero attached hydrogens (tertiary/aromatic N) is 4. The lowest BCUT2D eigenvalue weighted by Crippen LogP contribution is -1.96. The van der Waals surface area contributed by atoms with Crippen LogP contribution in [0.1, 0.15) is 50.2 Å². The Labute approximate surface area is 119 Å². The molecule has 2 rings (SSSR count). The lowest BCUT2D eigenvalue weighted by Gasteiger charge is -1.96. The van der Waals surface area contributed by atoms with Crippen LogP contribution in [0.25, 0.3) is 5.69 Å². The van der Waals surface area contributed by atoms with Gasteiger partial charge in [0.25, 0.3) is 0 Å². The van der Waals surface area contributed by atoms with Crippen LogP contribution < -0.4 is 0 Å². The van der Waals surface area contributed by atoms with Gasteiger partial charge in [0.1, 0.15) is 17.6 Å². The average Bonchev–Trinajstić information content (AvgIpc) is 2.85. The van der Waals surface area contributed by atoms with Gasteiger partial charge in [-0.05, 0) is 6.92 Å². The van der Waals surface area contributed by atoms with Crippen LogP contribution in [0, 0.1) is 6.92 Å². The Morgan fingerprint density at radius 3 is 2.15 bits per heavy atom. The SMILES string of the molecule is CC.CCC.Cc1nn(-c2cncnc2)cc1C(=O)O. The molecule has 1 N–H and O–H groups in total. The molecule has 0 atom stereocenters. The maximum absolute atomic E-state index is 10.8. The largest absolute Gasteiger partial charge is 0.478 e. The van der Waals surface area contributed by atoms with Crippen molar-refractivity contribution >= 4 is 5.97 Å². The highest BCUT2D eigenvalue weighted by atomic mass is 16.4. The normalized spacial score (nSPS) is 8.85. The van der Waals surface area contributed by atoms with Crippen LogP contribution >= 0.6 is 0 Å². The summed E-state index contributed by atoms with van der Waals surface area (Å²) in [6.45, 7) is 9.89. The van der Waals surface area contributed by atoms with Gasteiger partial charge in [0, 0.05) is 6.20 Å². The molecule has 2 heterocycles. The van der Waals surface area contributed by atoms with Gasteiger partial charge >= 0.3 is 5.97 Å². The molecule has 0 unspecified atom stereocenters. The third-order valence-electron chi connectivity index (χ3n) is 1.94. The van der Waals surface area contributed by atoms with E-state index in [1.807, 2.05) is 13.8 Å². The van der Waals surface area contributed by atoms with Crippen molar-refractivity contribution in [2.24, 2.45) is 0 Å². The zero-order valence-corrected chi connectivity index (χ0v) is 12.7. The highest BCUT2D eigenvalue weighted by molar-refractivity contribution is 5.88. The van der Waals surface area contributed by atoms with E-state index in [2.05, 4.69) is 28.9 Å². The Morgan fingerprint density at radius 1 is 1.25 bits per heavy atom. The van der Waals surface area contributed by atoms with Gasteiger partial charge in [0.05, 0.1) is 18.1 Å². The van der Waals surface area contributed by atoms with Crippen LogP contribution in [-0.4, -0.2) is 30.8 Å². The Hall–Kier alpha value is -2.24. The molecule has 20 heavy (non-hydrogen) atoms. The van der Waals surface area contributed by atoms with Crippen LogP contribution in [0.15, 0.2) is 24.9 Å². The number of hydrogen-bond donors (Lipinski definition) is 1. The molecule has 0 aliphatic heterocycles. The Balaban J connectivity index is 0.000000641. The highest BCUT2D eigenvalue weighted by Gasteiger charge is 2.12. The van der Waals surface area contributed by atoms with Crippen LogP contribution in [-0.2, 0) is 0 Å². The number of aromatic nitrogens is 4. The molecule has 6 nitrogen and oxygen atoms in total. The van der Waals surface area contributed by atoms with Crippen molar-refractivity contribution in [1.82, 2.24) is 19.7 Å². The fourth-order valence-corrected chi connectivity index (χ4v) is 1.21. The molecule has 0 bridgehead atoms. The maximum Gasteiger partial charge on any atom is 0.339 e.